The molecule has 0 radical (unpaired) electrons. The maximum absolute atomic E-state index is 12.6. The summed E-state index contributed by atoms with van der Waals surface area (Å²) in [7, 11) is 0. The molecule has 1 aromatic carbocycles. The van der Waals surface area contributed by atoms with Crippen molar-refractivity contribution in [1.29, 1.82) is 0 Å². The molecule has 0 bridgehead atoms. The average molecular weight is 407 g/mol. The Morgan fingerprint density at radius 1 is 1.30 bits per heavy atom. The van der Waals surface area contributed by atoms with Crippen molar-refractivity contribution in [2.24, 2.45) is 16.8 Å². The van der Waals surface area contributed by atoms with Crippen molar-refractivity contribution in [1.82, 2.24) is 20.2 Å². The van der Waals surface area contributed by atoms with Crippen LogP contribution < -0.4 is 22.4 Å². The van der Waals surface area contributed by atoms with Crippen LogP contribution in [-0.2, 0) is 6.54 Å². The number of nitrogens with one attached hydrogen (secondary N) is 2. The number of hydrazone groups is 1. The molecule has 3 aromatic rings. The molecule has 6 N–H and O–H groups in total. The third-order valence-corrected chi connectivity index (χ3v) is 4.49. The lowest BCUT2D eigenvalue weighted by Crippen LogP contribution is -2.34. The molecule has 0 saturated heterocycles. The topological polar surface area (TPSA) is 136 Å². The number of anilines is 1. The summed E-state index contributed by atoms with van der Waals surface area (Å²) in [6.45, 7) is 1.94. The van der Waals surface area contributed by atoms with Crippen molar-refractivity contribution < 1.29 is 4.79 Å². The molecular weight excluding hydrogens is 391 g/mol. The van der Waals surface area contributed by atoms with Gasteiger partial charge in [0.25, 0.3) is 5.91 Å². The fraction of sp³-hybridized carbons (Fsp3) is 0.125. The molecule has 140 valence electrons. The van der Waals surface area contributed by atoms with Crippen LogP contribution >= 0.6 is 23.2 Å². The Bertz CT molecular complexity index is 1030. The Balaban J connectivity index is 1.96. The lowest BCUT2D eigenvalue weighted by molar-refractivity contribution is 0.102. The van der Waals surface area contributed by atoms with E-state index in [2.05, 4.69) is 25.9 Å². The second-order valence-electron chi connectivity index (χ2n) is 5.61. The molecular formula is C16H16Cl2N8O. The molecule has 2 heterocycles. The van der Waals surface area contributed by atoms with E-state index in [1.165, 1.54) is 6.20 Å². The average Bonchev–Trinajstić information content (AvgIpc) is 2.98. The van der Waals surface area contributed by atoms with Crippen LogP contribution in [0.2, 0.25) is 10.0 Å². The van der Waals surface area contributed by atoms with Gasteiger partial charge in [0.15, 0.2) is 11.5 Å². The first-order valence-electron chi connectivity index (χ1n) is 7.76. The second kappa shape index (κ2) is 7.78. The largest absolute Gasteiger partial charge is 0.322 e. The van der Waals surface area contributed by atoms with Crippen molar-refractivity contribution in [3.63, 3.8) is 0 Å². The number of nitrogens with zero attached hydrogens (tertiary/aromatic N) is 4. The van der Waals surface area contributed by atoms with E-state index in [1.54, 1.807) is 35.9 Å². The number of benzene rings is 1. The monoisotopic (exact) mass is 406 g/mol. The van der Waals surface area contributed by atoms with Crippen molar-refractivity contribution in [3.8, 4) is 0 Å². The molecule has 11 heteroatoms. The van der Waals surface area contributed by atoms with Gasteiger partial charge in [0.1, 0.15) is 6.54 Å². The van der Waals surface area contributed by atoms with Crippen molar-refractivity contribution >= 4 is 51.7 Å². The van der Waals surface area contributed by atoms with E-state index in [4.69, 9.17) is 34.9 Å². The number of aromatic nitrogens is 3. The van der Waals surface area contributed by atoms with E-state index in [0.29, 0.717) is 33.3 Å². The minimum absolute atomic E-state index is 0.178. The fourth-order valence-electron chi connectivity index (χ4n) is 2.54. The van der Waals surface area contributed by atoms with E-state index < -0.39 is 5.91 Å². The minimum atomic E-state index is -0.392. The molecule has 1 amide bonds. The highest BCUT2D eigenvalue weighted by molar-refractivity contribution is 6.39. The van der Waals surface area contributed by atoms with Crippen molar-refractivity contribution in [2.45, 2.75) is 13.5 Å². The van der Waals surface area contributed by atoms with Crippen molar-refractivity contribution in [2.75, 3.05) is 5.32 Å². The number of hydrogen-bond acceptors (Lipinski definition) is 6. The maximum atomic E-state index is 12.6. The summed E-state index contributed by atoms with van der Waals surface area (Å²) in [4.78, 5) is 16.9. The third-order valence-electron chi connectivity index (χ3n) is 3.84. The Labute approximate surface area is 164 Å². The molecule has 0 aliphatic heterocycles. The van der Waals surface area contributed by atoms with Gasteiger partial charge in [0.2, 0.25) is 0 Å². The van der Waals surface area contributed by atoms with Gasteiger partial charge in [-0.15, -0.1) is 0 Å². The van der Waals surface area contributed by atoms with Gasteiger partial charge in [-0.25, -0.2) is 15.5 Å². The highest BCUT2D eigenvalue weighted by atomic mass is 35.5. The van der Waals surface area contributed by atoms with Gasteiger partial charge in [-0.05, 0) is 31.2 Å². The van der Waals surface area contributed by atoms with E-state index in [0.717, 1.165) is 0 Å². The van der Waals surface area contributed by atoms with Gasteiger partial charge >= 0.3 is 0 Å². The first-order chi connectivity index (χ1) is 12.9. The standard InChI is InChI=1S/C16H16Cl2N8O/c1-8-13-14(18)11(16(27)22-10-4-2-9(17)3-5-10)6-21-15(13)26(25-8)7-12(23-19)24-20/h2-6H,7,19-20H2,1H3,(H,22,27)(H,23,24). The number of hydrogen-bond donors (Lipinski definition) is 4. The molecule has 27 heavy (non-hydrogen) atoms. The maximum Gasteiger partial charge on any atom is 0.258 e. The number of carbonyl (C=O) groups excluding carboxylic acids is 1. The van der Waals surface area contributed by atoms with Crippen LogP contribution in [0.4, 0.5) is 5.69 Å². The quantitative estimate of drug-likeness (QED) is 0.226. The zero-order chi connectivity index (χ0) is 19.6. The van der Waals surface area contributed by atoms with Crippen LogP contribution in [0.25, 0.3) is 11.0 Å². The number of nitrogens with two attached hydrogens (primary N) is 2. The smallest absolute Gasteiger partial charge is 0.258 e. The number of aryl methyl sites for hydroxylation is 1. The van der Waals surface area contributed by atoms with Crippen LogP contribution in [0.1, 0.15) is 16.1 Å². The van der Waals surface area contributed by atoms with Crippen LogP contribution in [-0.4, -0.2) is 26.5 Å². The molecule has 3 rings (SSSR count). The van der Waals surface area contributed by atoms with Crippen LogP contribution in [0.5, 0.6) is 0 Å². The summed E-state index contributed by atoms with van der Waals surface area (Å²) in [6.07, 6.45) is 1.39. The Kier molecular flexibility index (Phi) is 5.45. The van der Waals surface area contributed by atoms with Crippen LogP contribution in [0.15, 0.2) is 35.6 Å². The van der Waals surface area contributed by atoms with Crippen molar-refractivity contribution in [3.05, 3.63) is 51.8 Å². The van der Waals surface area contributed by atoms with E-state index in [1.807, 2.05) is 0 Å². The molecule has 0 aliphatic carbocycles. The summed E-state index contributed by atoms with van der Waals surface area (Å²) in [6, 6.07) is 6.74. The zero-order valence-electron chi connectivity index (χ0n) is 14.2. The fourth-order valence-corrected chi connectivity index (χ4v) is 3.02. The summed E-state index contributed by atoms with van der Waals surface area (Å²) in [5.74, 6) is 10.5. The number of halogens is 2. The number of rotatable bonds is 4. The first kappa shape index (κ1) is 18.9. The lowest BCUT2D eigenvalue weighted by Gasteiger charge is -2.08. The zero-order valence-corrected chi connectivity index (χ0v) is 15.7. The summed E-state index contributed by atoms with van der Waals surface area (Å²) < 4.78 is 1.54. The normalized spacial score (nSPS) is 11.6. The van der Waals surface area contributed by atoms with Crippen LogP contribution in [0.3, 0.4) is 0 Å². The Hall–Kier alpha value is -2.88. The molecule has 0 unspecified atom stereocenters. The molecule has 0 saturated carbocycles. The molecule has 9 nitrogen and oxygen atoms in total. The summed E-state index contributed by atoms with van der Waals surface area (Å²) in [5, 5.41) is 12.0. The number of fused-ring (bicyclic) bond motifs is 1. The summed E-state index contributed by atoms with van der Waals surface area (Å²) >= 11 is 12.3. The minimum Gasteiger partial charge on any atom is -0.322 e. The predicted octanol–water partition coefficient (Wildman–Crippen LogP) is 2.03. The number of pyridine rings is 1. The van der Waals surface area contributed by atoms with E-state index in [-0.39, 0.29) is 17.1 Å². The molecule has 0 spiro atoms. The third kappa shape index (κ3) is 3.80. The highest BCUT2D eigenvalue weighted by Gasteiger charge is 2.20. The van der Waals surface area contributed by atoms with Gasteiger partial charge in [-0.3, -0.25) is 4.79 Å². The Morgan fingerprint density at radius 2 is 2.00 bits per heavy atom. The number of carbonyl (C=O) groups is 1. The Morgan fingerprint density at radius 3 is 2.63 bits per heavy atom. The first-order valence-corrected chi connectivity index (χ1v) is 8.52. The van der Waals surface area contributed by atoms with E-state index >= 15 is 0 Å². The van der Waals surface area contributed by atoms with Gasteiger partial charge in [-0.2, -0.15) is 10.2 Å². The highest BCUT2D eigenvalue weighted by Crippen LogP contribution is 2.29. The molecule has 2 aromatic heterocycles. The van der Waals surface area contributed by atoms with Gasteiger partial charge in [0, 0.05) is 16.9 Å². The van der Waals surface area contributed by atoms with Gasteiger partial charge in [0.05, 0.1) is 21.7 Å². The molecule has 0 fully saturated rings. The molecule has 0 atom stereocenters. The molecule has 0 aliphatic rings. The second-order valence-corrected chi connectivity index (χ2v) is 6.42. The van der Waals surface area contributed by atoms with Gasteiger partial charge in [-0.1, -0.05) is 23.2 Å². The van der Waals surface area contributed by atoms with Gasteiger partial charge < -0.3 is 16.6 Å². The number of hydrazine groups is 1. The van der Waals surface area contributed by atoms with E-state index in [9.17, 15) is 4.79 Å². The number of amidine groups is 1. The summed E-state index contributed by atoms with van der Waals surface area (Å²) in [5.41, 5.74) is 4.29. The predicted molar refractivity (Wildman–Crippen MR) is 106 cm³/mol. The lowest BCUT2D eigenvalue weighted by atomic mass is 10.2. The number of amides is 1. The van der Waals surface area contributed by atoms with Crippen LogP contribution in [0, 0.1) is 6.92 Å². The SMILES string of the molecule is Cc1nn(C/C(=N/N)NN)c2ncc(C(=O)Nc3ccc(Cl)cc3)c(Cl)c12.